The van der Waals surface area contributed by atoms with Gasteiger partial charge in [0.15, 0.2) is 5.82 Å². The zero-order valence-electron chi connectivity index (χ0n) is 29.6. The summed E-state index contributed by atoms with van der Waals surface area (Å²) in [5.41, 5.74) is 0.0269. The molecule has 294 valence electrons. The third kappa shape index (κ3) is 7.56. The van der Waals surface area contributed by atoms with Crippen LogP contribution in [0.4, 0.5) is 49.2 Å². The summed E-state index contributed by atoms with van der Waals surface area (Å²) in [6, 6.07) is 13.5. The van der Waals surface area contributed by atoms with Crippen LogP contribution in [0, 0.1) is 22.9 Å². The number of carbonyl (C=O) groups is 3. The van der Waals surface area contributed by atoms with Gasteiger partial charge in [-0.2, -0.15) is 13.2 Å². The molecule has 0 bridgehead atoms. The van der Waals surface area contributed by atoms with E-state index < -0.39 is 46.9 Å². The Morgan fingerprint density at radius 1 is 0.877 bits per heavy atom. The van der Waals surface area contributed by atoms with Crippen LogP contribution < -0.4 is 20.4 Å². The number of ether oxygens (including phenoxy) is 1. The fraction of sp³-hybridized carbons (Fsp3) is 0.250. The maximum atomic E-state index is 14.7. The molecule has 2 N–H and O–H groups in total. The molecule has 5 aromatic rings. The number of carbonyl (C=O) groups excluding carboxylic acids is 3. The van der Waals surface area contributed by atoms with Crippen LogP contribution in [-0.4, -0.2) is 55.6 Å². The smallest absolute Gasteiger partial charge is 0.381 e. The zero-order chi connectivity index (χ0) is 40.2. The average Bonchev–Trinajstić information content (AvgIpc) is 3.53. The molecule has 8 rings (SSSR count). The van der Waals surface area contributed by atoms with Gasteiger partial charge < -0.3 is 25.2 Å². The van der Waals surface area contributed by atoms with Gasteiger partial charge in [0.25, 0.3) is 17.7 Å². The summed E-state index contributed by atoms with van der Waals surface area (Å²) in [5.74, 6) is -4.44. The highest BCUT2D eigenvalue weighted by atomic mass is 35.5. The molecule has 0 radical (unpaired) electrons. The number of alkyl halides is 3. The van der Waals surface area contributed by atoms with E-state index in [1.54, 1.807) is 11.0 Å². The van der Waals surface area contributed by atoms with E-state index in [0.717, 1.165) is 42.5 Å². The topological polar surface area (TPSA) is 104 Å². The molecule has 0 atom stereocenters. The van der Waals surface area contributed by atoms with Crippen molar-refractivity contribution >= 4 is 63.5 Å². The lowest BCUT2D eigenvalue weighted by Crippen LogP contribution is -2.59. The number of amides is 3. The molecule has 57 heavy (non-hydrogen) atoms. The lowest BCUT2D eigenvalue weighted by molar-refractivity contribution is -0.137. The Morgan fingerprint density at radius 2 is 1.61 bits per heavy atom. The zero-order valence-corrected chi connectivity index (χ0v) is 31.2. The molecule has 9 nitrogen and oxygen atoms in total. The van der Waals surface area contributed by atoms with Gasteiger partial charge in [-0.3, -0.25) is 14.4 Å². The predicted octanol–water partition coefficient (Wildman–Crippen LogP) is 9.22. The summed E-state index contributed by atoms with van der Waals surface area (Å²) in [6.45, 7) is 2.34. The van der Waals surface area contributed by atoms with Crippen LogP contribution in [0.1, 0.15) is 54.4 Å². The number of rotatable bonds is 6. The molecule has 0 saturated carbocycles. The number of hydrogen-bond donors (Lipinski definition) is 2. The number of nitrogens with one attached hydrogen (secondary N) is 2. The first-order chi connectivity index (χ1) is 27.2. The Bertz CT molecular complexity index is 2410. The van der Waals surface area contributed by atoms with Gasteiger partial charge in [0.1, 0.15) is 17.5 Å². The molecular weight excluding hydrogens is 796 g/mol. The lowest BCUT2D eigenvalue weighted by atomic mass is 9.73. The number of halogens is 7. The second-order valence-electron chi connectivity index (χ2n) is 14.1. The fourth-order valence-corrected chi connectivity index (χ4v) is 8.77. The second kappa shape index (κ2) is 14.8. The Labute approximate surface area is 330 Å². The van der Waals surface area contributed by atoms with Gasteiger partial charge in [-0.25, -0.2) is 18.2 Å². The largest absolute Gasteiger partial charge is 0.417 e. The maximum absolute atomic E-state index is 14.7. The van der Waals surface area contributed by atoms with E-state index in [-0.39, 0.29) is 62.3 Å². The van der Waals surface area contributed by atoms with Crippen molar-refractivity contribution in [3.05, 3.63) is 123 Å². The maximum Gasteiger partial charge on any atom is 0.417 e. The first-order valence-corrected chi connectivity index (χ1v) is 18.9. The van der Waals surface area contributed by atoms with Gasteiger partial charge in [-0.05, 0) is 85.5 Å². The van der Waals surface area contributed by atoms with Gasteiger partial charge in [-0.15, -0.1) is 11.3 Å². The van der Waals surface area contributed by atoms with E-state index in [2.05, 4.69) is 15.6 Å². The normalized spacial score (nSPS) is 16.0. The van der Waals surface area contributed by atoms with Crippen molar-refractivity contribution in [3.8, 4) is 10.4 Å². The van der Waals surface area contributed by atoms with E-state index in [1.165, 1.54) is 47.4 Å². The minimum absolute atomic E-state index is 0.0349. The summed E-state index contributed by atoms with van der Waals surface area (Å²) in [4.78, 5) is 48.7. The molecule has 5 heterocycles. The van der Waals surface area contributed by atoms with E-state index in [4.69, 9.17) is 16.3 Å². The minimum Gasteiger partial charge on any atom is -0.381 e. The van der Waals surface area contributed by atoms with Crippen LogP contribution in [0.3, 0.4) is 0 Å². The quantitative estimate of drug-likeness (QED) is 0.166. The Morgan fingerprint density at radius 3 is 2.32 bits per heavy atom. The minimum atomic E-state index is -4.73. The van der Waals surface area contributed by atoms with Crippen molar-refractivity contribution < 1.29 is 45.5 Å². The van der Waals surface area contributed by atoms with Crippen LogP contribution in [0.15, 0.2) is 72.9 Å². The number of fused-ring (bicyclic) bond motifs is 3. The van der Waals surface area contributed by atoms with Crippen molar-refractivity contribution in [1.82, 2.24) is 4.98 Å². The fourth-order valence-electron chi connectivity index (χ4n) is 7.39. The predicted molar refractivity (Wildman–Crippen MR) is 203 cm³/mol. The molecular formula is C40H30ClF6N5O4S. The summed E-state index contributed by atoms with van der Waals surface area (Å²) in [5, 5.41) is 4.69. The standard InChI is InChI=1S/C40H30ClF6N5O4S/c41-29-15-25(43)16-30(44)33(29)50-37(54)32-13-22-7-10-52(31-17-24(42)3-6-27(31)34(22)57-32)38(55)21-1-4-26(5-2-21)49-36(53)28-14-23(40(45,46)47)18-48-35(28)51-19-39(20-51)8-11-56-12-9-39/h1-6,13-18H,7-12,19-20H2,(H,49,53)(H,50,54). The third-order valence-electron chi connectivity index (χ3n) is 10.4. The second-order valence-corrected chi connectivity index (χ2v) is 15.6. The molecule has 0 aliphatic carbocycles. The Balaban J connectivity index is 1.01. The summed E-state index contributed by atoms with van der Waals surface area (Å²) < 4.78 is 89.3. The molecule has 3 aliphatic rings. The van der Waals surface area contributed by atoms with Gasteiger partial charge in [-0.1, -0.05) is 11.6 Å². The van der Waals surface area contributed by atoms with E-state index in [1.807, 2.05) is 0 Å². The van der Waals surface area contributed by atoms with E-state index >= 15 is 0 Å². The molecule has 3 aliphatic heterocycles. The summed E-state index contributed by atoms with van der Waals surface area (Å²) >= 11 is 7.01. The number of anilines is 4. The Kier molecular flexibility index (Phi) is 9.98. The summed E-state index contributed by atoms with van der Waals surface area (Å²) in [7, 11) is 0. The summed E-state index contributed by atoms with van der Waals surface area (Å²) in [6.07, 6.45) is -2.14. The van der Waals surface area contributed by atoms with Crippen LogP contribution in [0.5, 0.6) is 0 Å². The molecule has 1 spiro atoms. The van der Waals surface area contributed by atoms with Crippen LogP contribution in [-0.2, 0) is 17.3 Å². The Hall–Kier alpha value is -5.45. The first kappa shape index (κ1) is 38.4. The highest BCUT2D eigenvalue weighted by Crippen LogP contribution is 2.44. The molecule has 2 saturated heterocycles. The number of benzene rings is 3. The number of nitrogens with zero attached hydrogens (tertiary/aromatic N) is 3. The number of aromatic nitrogens is 1. The molecule has 0 unspecified atom stereocenters. The van der Waals surface area contributed by atoms with Crippen LogP contribution in [0.25, 0.3) is 10.4 Å². The van der Waals surface area contributed by atoms with Gasteiger partial charge >= 0.3 is 6.18 Å². The van der Waals surface area contributed by atoms with Crippen molar-refractivity contribution in [1.29, 1.82) is 0 Å². The highest BCUT2D eigenvalue weighted by molar-refractivity contribution is 7.17. The number of thiophene rings is 1. The molecule has 2 fully saturated rings. The van der Waals surface area contributed by atoms with Crippen molar-refractivity contribution in [2.24, 2.45) is 5.41 Å². The van der Waals surface area contributed by atoms with Crippen LogP contribution >= 0.6 is 22.9 Å². The average molecular weight is 826 g/mol. The van der Waals surface area contributed by atoms with Gasteiger partial charge in [0.05, 0.1) is 32.4 Å². The first-order valence-electron chi connectivity index (χ1n) is 17.7. The van der Waals surface area contributed by atoms with Crippen molar-refractivity contribution in [2.75, 3.05) is 53.3 Å². The van der Waals surface area contributed by atoms with E-state index in [0.29, 0.717) is 48.4 Å². The van der Waals surface area contributed by atoms with Crippen LogP contribution in [0.2, 0.25) is 5.02 Å². The molecule has 3 aromatic carbocycles. The third-order valence-corrected chi connectivity index (χ3v) is 11.9. The van der Waals surface area contributed by atoms with Gasteiger partial charge in [0.2, 0.25) is 0 Å². The molecule has 17 heteroatoms. The molecule has 2 aromatic heterocycles. The number of pyridine rings is 1. The highest BCUT2D eigenvalue weighted by Gasteiger charge is 2.46. The van der Waals surface area contributed by atoms with Crippen molar-refractivity contribution in [3.63, 3.8) is 0 Å². The number of hydrogen-bond acceptors (Lipinski definition) is 7. The van der Waals surface area contributed by atoms with Gasteiger partial charge in [0, 0.05) is 72.2 Å². The van der Waals surface area contributed by atoms with Crippen molar-refractivity contribution in [2.45, 2.75) is 25.4 Å². The lowest BCUT2D eigenvalue weighted by Gasteiger charge is -2.53. The van der Waals surface area contributed by atoms with E-state index in [9.17, 15) is 40.7 Å². The monoisotopic (exact) mass is 825 g/mol. The molecule has 3 amide bonds. The SMILES string of the molecule is O=C(Nc1c(F)cc(F)cc1Cl)c1cc2c(s1)-c1ccc(F)cc1N(C(=O)c1ccc(NC(=O)c3cc(C(F)(F)F)cnc3N3CC4(CCOCC4)C3)cc1)CC2.